The highest BCUT2D eigenvalue weighted by Crippen LogP contribution is 2.33. The molecule has 0 fully saturated rings. The molecule has 0 aliphatic carbocycles. The van der Waals surface area contributed by atoms with Crippen molar-refractivity contribution in [2.24, 2.45) is 0 Å². The summed E-state index contributed by atoms with van der Waals surface area (Å²) in [6, 6.07) is 23.3. The minimum atomic E-state index is -4.38. The predicted octanol–water partition coefficient (Wildman–Crippen LogP) is 7.03. The van der Waals surface area contributed by atoms with Crippen molar-refractivity contribution in [3.05, 3.63) is 118 Å². The second-order valence-electron chi connectivity index (χ2n) is 13.0. The van der Waals surface area contributed by atoms with Gasteiger partial charge in [-0.3, -0.25) is 9.59 Å². The zero-order valence-electron chi connectivity index (χ0n) is 29.3. The van der Waals surface area contributed by atoms with Gasteiger partial charge in [0.2, 0.25) is 5.95 Å². The number of benzene rings is 4. The summed E-state index contributed by atoms with van der Waals surface area (Å²) in [6.07, 6.45) is 5.87. The van der Waals surface area contributed by atoms with E-state index in [1.807, 2.05) is 30.3 Å². The fourth-order valence-electron chi connectivity index (χ4n) is 6.61. The molecule has 2 N–H and O–H groups in total. The van der Waals surface area contributed by atoms with Crippen molar-refractivity contribution in [1.29, 1.82) is 0 Å². The second kappa shape index (κ2) is 16.2. The quantitative estimate of drug-likeness (QED) is 0.132. The van der Waals surface area contributed by atoms with Crippen molar-refractivity contribution in [3.63, 3.8) is 0 Å². The number of halogens is 1. The van der Waals surface area contributed by atoms with Crippen LogP contribution in [0.5, 0.6) is 0 Å². The van der Waals surface area contributed by atoms with Gasteiger partial charge in [0.15, 0.2) is 0 Å². The third kappa shape index (κ3) is 7.81. The molecule has 6 rings (SSSR count). The van der Waals surface area contributed by atoms with Crippen molar-refractivity contribution >= 4 is 50.2 Å². The number of sulfonamides is 1. The first kappa shape index (κ1) is 36.9. The summed E-state index contributed by atoms with van der Waals surface area (Å²) in [7, 11) is -4.38. The molecule has 1 aliphatic heterocycles. The Morgan fingerprint density at radius 1 is 0.923 bits per heavy atom. The molecular formula is C40H42ClN5O5S. The number of carbonyl (C=O) groups excluding carboxylic acids is 2. The van der Waals surface area contributed by atoms with Crippen LogP contribution in [0.4, 0.5) is 5.95 Å². The first-order valence-corrected chi connectivity index (χ1v) is 19.5. The van der Waals surface area contributed by atoms with Gasteiger partial charge in [0.25, 0.3) is 21.8 Å². The van der Waals surface area contributed by atoms with Crippen LogP contribution >= 0.6 is 11.6 Å². The number of amides is 2. The van der Waals surface area contributed by atoms with E-state index in [9.17, 15) is 23.1 Å². The molecule has 0 bridgehead atoms. The Morgan fingerprint density at radius 2 is 1.63 bits per heavy atom. The number of rotatable bonds is 13. The maximum atomic E-state index is 14.6. The molecule has 1 aliphatic rings. The molecule has 0 radical (unpaired) electrons. The Hall–Kier alpha value is -4.84. The second-order valence-corrected chi connectivity index (χ2v) is 15.1. The smallest absolute Gasteiger partial charge is 0.265 e. The Morgan fingerprint density at radius 3 is 2.37 bits per heavy atom. The maximum absolute atomic E-state index is 14.6. The van der Waals surface area contributed by atoms with E-state index in [2.05, 4.69) is 28.5 Å². The van der Waals surface area contributed by atoms with Crippen LogP contribution in [0.15, 0.2) is 96.0 Å². The summed E-state index contributed by atoms with van der Waals surface area (Å²) in [5.41, 5.74) is 2.59. The number of aromatic nitrogens is 2. The van der Waals surface area contributed by atoms with E-state index in [-0.39, 0.29) is 34.7 Å². The largest absolute Gasteiger partial charge is 0.394 e. The topological polar surface area (TPSA) is 133 Å². The first-order chi connectivity index (χ1) is 25.1. The summed E-state index contributed by atoms with van der Waals surface area (Å²) < 4.78 is 29.7. The summed E-state index contributed by atoms with van der Waals surface area (Å²) in [5.74, 6) is -0.895. The van der Waals surface area contributed by atoms with Crippen LogP contribution in [-0.2, 0) is 23.0 Å². The molecule has 4 aromatic carbocycles. The Kier molecular flexibility index (Phi) is 11.5. The minimum Gasteiger partial charge on any atom is -0.394 e. The lowest BCUT2D eigenvalue weighted by Crippen LogP contribution is -2.46. The Labute approximate surface area is 309 Å². The fraction of sp³-hybridized carbons (Fsp3) is 0.300. The van der Waals surface area contributed by atoms with Gasteiger partial charge in [-0.05, 0) is 72.2 Å². The van der Waals surface area contributed by atoms with Gasteiger partial charge < -0.3 is 14.9 Å². The van der Waals surface area contributed by atoms with E-state index in [0.29, 0.717) is 28.5 Å². The molecule has 1 atom stereocenters. The van der Waals surface area contributed by atoms with Crippen LogP contribution in [-0.4, -0.2) is 65.9 Å². The number of nitrogens with one attached hydrogen (secondary N) is 1. The number of carbonyl (C=O) groups is 2. The van der Waals surface area contributed by atoms with Crippen LogP contribution in [0.1, 0.15) is 71.4 Å². The zero-order valence-corrected chi connectivity index (χ0v) is 30.8. The molecule has 52 heavy (non-hydrogen) atoms. The van der Waals surface area contributed by atoms with Gasteiger partial charge in [0, 0.05) is 47.4 Å². The van der Waals surface area contributed by atoms with Gasteiger partial charge in [-0.25, -0.2) is 23.1 Å². The SMILES string of the molecule is CCCCN(CCCC)c1nccc(-c2c(C(=O)NS(=O)(=O)c3ccc4cccc(Cl)c4c3)cccc2C(=O)N2Cc3ccccc3CC2CO)n1. The molecule has 1 unspecified atom stereocenters. The van der Waals surface area contributed by atoms with Crippen LogP contribution in [0.2, 0.25) is 5.02 Å². The van der Waals surface area contributed by atoms with Crippen molar-refractivity contribution in [2.75, 3.05) is 24.6 Å². The van der Waals surface area contributed by atoms with Gasteiger partial charge in [-0.1, -0.05) is 86.8 Å². The van der Waals surface area contributed by atoms with Crippen molar-refractivity contribution in [2.45, 2.75) is 63.4 Å². The third-order valence-electron chi connectivity index (χ3n) is 9.45. The van der Waals surface area contributed by atoms with Gasteiger partial charge in [0.05, 0.1) is 28.8 Å². The first-order valence-electron chi connectivity index (χ1n) is 17.6. The Balaban J connectivity index is 1.45. The van der Waals surface area contributed by atoms with Crippen molar-refractivity contribution < 1.29 is 23.1 Å². The maximum Gasteiger partial charge on any atom is 0.265 e. The number of fused-ring (bicyclic) bond motifs is 2. The van der Waals surface area contributed by atoms with E-state index < -0.39 is 27.9 Å². The van der Waals surface area contributed by atoms with Crippen LogP contribution in [0, 0.1) is 0 Å². The lowest BCUT2D eigenvalue weighted by atomic mass is 9.91. The molecule has 0 spiro atoms. The van der Waals surface area contributed by atoms with Crippen LogP contribution in [0.3, 0.4) is 0 Å². The monoisotopic (exact) mass is 739 g/mol. The zero-order chi connectivity index (χ0) is 36.8. The number of aliphatic hydroxyl groups excluding tert-OH is 1. The molecular weight excluding hydrogens is 698 g/mol. The molecule has 5 aromatic rings. The highest BCUT2D eigenvalue weighted by atomic mass is 35.5. The molecule has 10 nitrogen and oxygen atoms in total. The highest BCUT2D eigenvalue weighted by molar-refractivity contribution is 7.90. The fourth-order valence-corrected chi connectivity index (χ4v) is 7.83. The van der Waals surface area contributed by atoms with E-state index in [1.165, 1.54) is 18.2 Å². The van der Waals surface area contributed by atoms with E-state index >= 15 is 0 Å². The third-order valence-corrected chi connectivity index (χ3v) is 11.1. The van der Waals surface area contributed by atoms with Gasteiger partial charge in [-0.2, -0.15) is 0 Å². The summed E-state index contributed by atoms with van der Waals surface area (Å²) in [5, 5.41) is 12.1. The molecule has 0 saturated carbocycles. The number of unbranched alkanes of at least 4 members (excludes halogenated alkanes) is 2. The average molecular weight is 740 g/mol. The number of aliphatic hydroxyl groups is 1. The standard InChI is InChI=1S/C40H42ClN5O5S/c1-3-5-21-45(22-6-4-2)40-42-20-19-36(43-40)37-32(38(48)44-52(50,51)31-18-17-27-13-9-16-35(41)34(27)24-31)14-10-15-33(37)39(49)46-25-29-12-8-7-11-28(29)23-30(46)26-47/h7-20,24,30,47H,3-6,21-23,25-26H2,1-2H3,(H,44,48). The number of anilines is 1. The van der Waals surface area contributed by atoms with E-state index in [1.54, 1.807) is 47.5 Å². The number of nitrogens with zero attached hydrogens (tertiary/aromatic N) is 4. The molecule has 2 heterocycles. The normalized spacial score (nSPS) is 14.2. The summed E-state index contributed by atoms with van der Waals surface area (Å²) >= 11 is 6.37. The van der Waals surface area contributed by atoms with Crippen molar-refractivity contribution in [1.82, 2.24) is 19.6 Å². The van der Waals surface area contributed by atoms with Crippen LogP contribution < -0.4 is 9.62 Å². The van der Waals surface area contributed by atoms with Gasteiger partial charge in [0.1, 0.15) is 0 Å². The highest BCUT2D eigenvalue weighted by Gasteiger charge is 2.33. The van der Waals surface area contributed by atoms with Gasteiger partial charge >= 0.3 is 0 Å². The average Bonchev–Trinajstić information content (AvgIpc) is 3.16. The molecule has 2 amide bonds. The van der Waals surface area contributed by atoms with E-state index in [4.69, 9.17) is 16.6 Å². The van der Waals surface area contributed by atoms with Crippen molar-refractivity contribution in [3.8, 4) is 11.3 Å². The lowest BCUT2D eigenvalue weighted by Gasteiger charge is -2.36. The molecule has 0 saturated heterocycles. The molecule has 270 valence electrons. The lowest BCUT2D eigenvalue weighted by molar-refractivity contribution is 0.0545. The molecule has 1 aromatic heterocycles. The minimum absolute atomic E-state index is 0.0514. The number of hydrogen-bond acceptors (Lipinski definition) is 8. The van der Waals surface area contributed by atoms with Crippen LogP contribution in [0.25, 0.3) is 22.0 Å². The van der Waals surface area contributed by atoms with Gasteiger partial charge in [-0.15, -0.1) is 0 Å². The number of hydrogen-bond donors (Lipinski definition) is 2. The van der Waals surface area contributed by atoms with E-state index in [0.717, 1.165) is 55.3 Å². The summed E-state index contributed by atoms with van der Waals surface area (Å²) in [4.78, 5) is 41.8. The predicted molar refractivity (Wildman–Crippen MR) is 204 cm³/mol. The Bertz CT molecular complexity index is 2200. The summed E-state index contributed by atoms with van der Waals surface area (Å²) in [6.45, 7) is 5.68. The molecule has 12 heteroatoms.